The summed E-state index contributed by atoms with van der Waals surface area (Å²) in [6, 6.07) is 6.53. The summed E-state index contributed by atoms with van der Waals surface area (Å²) in [6.45, 7) is 6.24. The van der Waals surface area contributed by atoms with Crippen LogP contribution in [-0.2, 0) is 0 Å². The molecule has 2 heterocycles. The summed E-state index contributed by atoms with van der Waals surface area (Å²) in [4.78, 5) is 17.2. The summed E-state index contributed by atoms with van der Waals surface area (Å²) < 4.78 is 0.909. The van der Waals surface area contributed by atoms with Crippen molar-refractivity contribution in [2.45, 2.75) is 32.2 Å². The van der Waals surface area contributed by atoms with Crippen LogP contribution in [0, 0.1) is 6.92 Å². The van der Waals surface area contributed by atoms with Crippen LogP contribution >= 0.6 is 15.9 Å². The van der Waals surface area contributed by atoms with Gasteiger partial charge in [0.25, 0.3) is 5.91 Å². The van der Waals surface area contributed by atoms with Gasteiger partial charge in [-0.3, -0.25) is 9.69 Å². The zero-order valence-electron chi connectivity index (χ0n) is 11.9. The molecule has 0 saturated carbocycles. The van der Waals surface area contributed by atoms with Crippen LogP contribution in [0.1, 0.15) is 35.2 Å². The molecule has 20 heavy (non-hydrogen) atoms. The van der Waals surface area contributed by atoms with Crippen LogP contribution < -0.4 is 0 Å². The minimum absolute atomic E-state index is 0.165. The van der Waals surface area contributed by atoms with E-state index in [4.69, 9.17) is 0 Å². The molecule has 0 N–H and O–H groups in total. The number of benzene rings is 1. The summed E-state index contributed by atoms with van der Waals surface area (Å²) in [5.74, 6) is 0.165. The van der Waals surface area contributed by atoms with Gasteiger partial charge >= 0.3 is 0 Å². The molecule has 2 aliphatic rings. The van der Waals surface area contributed by atoms with E-state index < -0.39 is 0 Å². The summed E-state index contributed by atoms with van der Waals surface area (Å²) in [5, 5.41) is 0. The van der Waals surface area contributed by atoms with Gasteiger partial charge in [0.05, 0.1) is 5.56 Å². The van der Waals surface area contributed by atoms with E-state index in [2.05, 4.69) is 20.8 Å². The minimum atomic E-state index is 0.165. The van der Waals surface area contributed by atoms with Crippen molar-refractivity contribution in [2.24, 2.45) is 0 Å². The first-order valence-electron chi connectivity index (χ1n) is 7.44. The van der Waals surface area contributed by atoms with Crippen molar-refractivity contribution in [1.29, 1.82) is 0 Å². The van der Waals surface area contributed by atoms with Crippen LogP contribution in [0.2, 0.25) is 0 Å². The molecule has 1 aromatic carbocycles. The van der Waals surface area contributed by atoms with E-state index in [0.29, 0.717) is 6.04 Å². The van der Waals surface area contributed by atoms with Crippen molar-refractivity contribution in [3.8, 4) is 0 Å². The number of rotatable bonds is 2. The molecule has 4 heteroatoms. The monoisotopic (exact) mass is 336 g/mol. The second-order valence-corrected chi connectivity index (χ2v) is 6.77. The SMILES string of the molecule is Cc1ccc(C(=O)N2CCC(N3CCCC3)C2)c(Br)c1. The third-order valence-corrected chi connectivity index (χ3v) is 5.12. The fourth-order valence-electron chi connectivity index (χ4n) is 3.29. The standard InChI is InChI=1S/C16H21BrN2O/c1-12-4-5-14(15(17)10-12)16(20)19-9-6-13(11-19)18-7-2-3-8-18/h4-5,10,13H,2-3,6-9,11H2,1H3. The van der Waals surface area contributed by atoms with Crippen molar-refractivity contribution in [1.82, 2.24) is 9.80 Å². The molecule has 0 bridgehead atoms. The Labute approximate surface area is 129 Å². The molecule has 0 aliphatic carbocycles. The molecule has 3 nitrogen and oxygen atoms in total. The van der Waals surface area contributed by atoms with Gasteiger partial charge in [-0.15, -0.1) is 0 Å². The number of carbonyl (C=O) groups is 1. The second-order valence-electron chi connectivity index (χ2n) is 5.92. The highest BCUT2D eigenvalue weighted by Crippen LogP contribution is 2.25. The Morgan fingerprint density at radius 1 is 1.25 bits per heavy atom. The molecule has 1 amide bonds. The summed E-state index contributed by atoms with van der Waals surface area (Å²) in [6.07, 6.45) is 3.75. The van der Waals surface area contributed by atoms with Gasteiger partial charge in [0.1, 0.15) is 0 Å². The molecule has 108 valence electrons. The summed E-state index contributed by atoms with van der Waals surface area (Å²) in [7, 11) is 0. The van der Waals surface area contributed by atoms with E-state index in [1.807, 2.05) is 30.0 Å². The Morgan fingerprint density at radius 3 is 2.70 bits per heavy atom. The van der Waals surface area contributed by atoms with Crippen molar-refractivity contribution >= 4 is 21.8 Å². The van der Waals surface area contributed by atoms with Crippen LogP contribution in [0.15, 0.2) is 22.7 Å². The summed E-state index contributed by atoms with van der Waals surface area (Å²) in [5.41, 5.74) is 1.96. The van der Waals surface area contributed by atoms with Gasteiger partial charge in [-0.1, -0.05) is 6.07 Å². The number of nitrogens with zero attached hydrogens (tertiary/aromatic N) is 2. The maximum absolute atomic E-state index is 12.6. The number of aryl methyl sites for hydroxylation is 1. The van der Waals surface area contributed by atoms with Crippen LogP contribution in [0.5, 0.6) is 0 Å². The highest BCUT2D eigenvalue weighted by molar-refractivity contribution is 9.10. The highest BCUT2D eigenvalue weighted by Gasteiger charge is 2.32. The van der Waals surface area contributed by atoms with E-state index >= 15 is 0 Å². The Bertz CT molecular complexity index is 511. The lowest BCUT2D eigenvalue weighted by Gasteiger charge is -2.23. The van der Waals surface area contributed by atoms with Gasteiger partial charge < -0.3 is 4.90 Å². The smallest absolute Gasteiger partial charge is 0.255 e. The zero-order chi connectivity index (χ0) is 14.1. The molecule has 2 aliphatic heterocycles. The first-order chi connectivity index (χ1) is 9.65. The number of likely N-dealkylation sites (tertiary alicyclic amines) is 2. The molecule has 2 fully saturated rings. The average molecular weight is 337 g/mol. The molecule has 0 aromatic heterocycles. The van der Waals surface area contributed by atoms with Gasteiger partial charge in [0.15, 0.2) is 0 Å². The third-order valence-electron chi connectivity index (χ3n) is 4.46. The van der Waals surface area contributed by atoms with E-state index in [-0.39, 0.29) is 5.91 Å². The Hall–Kier alpha value is -0.870. The maximum atomic E-state index is 12.6. The first-order valence-corrected chi connectivity index (χ1v) is 8.24. The number of halogens is 1. The van der Waals surface area contributed by atoms with Crippen molar-refractivity contribution in [3.63, 3.8) is 0 Å². The van der Waals surface area contributed by atoms with Crippen molar-refractivity contribution in [2.75, 3.05) is 26.2 Å². The lowest BCUT2D eigenvalue weighted by molar-refractivity contribution is 0.0779. The predicted molar refractivity (Wildman–Crippen MR) is 84.0 cm³/mol. The molecule has 1 aromatic rings. The summed E-state index contributed by atoms with van der Waals surface area (Å²) >= 11 is 3.52. The fraction of sp³-hybridized carbons (Fsp3) is 0.562. The maximum Gasteiger partial charge on any atom is 0.255 e. The third kappa shape index (κ3) is 2.77. The second kappa shape index (κ2) is 5.86. The molecule has 3 rings (SSSR count). The molecular formula is C16H21BrN2O. The van der Waals surface area contributed by atoms with Gasteiger partial charge in [0, 0.05) is 23.6 Å². The number of hydrogen-bond acceptors (Lipinski definition) is 2. The van der Waals surface area contributed by atoms with E-state index in [0.717, 1.165) is 29.5 Å². The molecule has 1 atom stereocenters. The van der Waals surface area contributed by atoms with Gasteiger partial charge in [-0.25, -0.2) is 0 Å². The van der Waals surface area contributed by atoms with Crippen LogP contribution in [0.3, 0.4) is 0 Å². The van der Waals surface area contributed by atoms with E-state index in [9.17, 15) is 4.79 Å². The van der Waals surface area contributed by atoms with Crippen molar-refractivity contribution < 1.29 is 4.79 Å². The van der Waals surface area contributed by atoms with Crippen LogP contribution in [0.25, 0.3) is 0 Å². The average Bonchev–Trinajstić information content (AvgIpc) is 3.09. The van der Waals surface area contributed by atoms with E-state index in [1.165, 1.54) is 31.5 Å². The first kappa shape index (κ1) is 14.1. The van der Waals surface area contributed by atoms with Gasteiger partial charge in [-0.2, -0.15) is 0 Å². The molecule has 1 unspecified atom stereocenters. The number of hydrogen-bond donors (Lipinski definition) is 0. The lowest BCUT2D eigenvalue weighted by Crippen LogP contribution is -2.37. The fourth-order valence-corrected chi connectivity index (χ4v) is 3.96. The van der Waals surface area contributed by atoms with E-state index in [1.54, 1.807) is 0 Å². The molecule has 0 spiro atoms. The Kier molecular flexibility index (Phi) is 4.13. The number of amides is 1. The van der Waals surface area contributed by atoms with Crippen LogP contribution in [0.4, 0.5) is 0 Å². The highest BCUT2D eigenvalue weighted by atomic mass is 79.9. The Balaban J connectivity index is 1.69. The topological polar surface area (TPSA) is 23.6 Å². The molecular weight excluding hydrogens is 316 g/mol. The largest absolute Gasteiger partial charge is 0.337 e. The van der Waals surface area contributed by atoms with Gasteiger partial charge in [-0.05, 0) is 72.9 Å². The number of carbonyl (C=O) groups excluding carboxylic acids is 1. The Morgan fingerprint density at radius 2 is 2.00 bits per heavy atom. The minimum Gasteiger partial charge on any atom is -0.337 e. The van der Waals surface area contributed by atoms with Crippen LogP contribution in [-0.4, -0.2) is 47.9 Å². The lowest BCUT2D eigenvalue weighted by atomic mass is 10.1. The predicted octanol–water partition coefficient (Wildman–Crippen LogP) is 3.07. The quantitative estimate of drug-likeness (QED) is 0.828. The molecule has 0 radical (unpaired) electrons. The zero-order valence-corrected chi connectivity index (χ0v) is 13.5. The molecule has 2 saturated heterocycles. The van der Waals surface area contributed by atoms with Crippen molar-refractivity contribution in [3.05, 3.63) is 33.8 Å². The van der Waals surface area contributed by atoms with Gasteiger partial charge in [0.2, 0.25) is 0 Å². The normalized spacial score (nSPS) is 23.5.